The first-order chi connectivity index (χ1) is 11.5. The van der Waals surface area contributed by atoms with Crippen molar-refractivity contribution in [3.05, 3.63) is 80.2 Å². The Morgan fingerprint density at radius 2 is 1.88 bits per heavy atom. The van der Waals surface area contributed by atoms with Crippen LogP contribution in [0.1, 0.15) is 28.7 Å². The largest absolute Gasteiger partial charge is 0.204 e. The van der Waals surface area contributed by atoms with Gasteiger partial charge in [-0.15, -0.1) is 4.95 Å². The van der Waals surface area contributed by atoms with Crippen LogP contribution in [0.5, 0.6) is 0 Å². The molecule has 1 unspecified atom stereocenters. The topological polar surface area (TPSA) is 16.7 Å². The van der Waals surface area contributed by atoms with Crippen molar-refractivity contribution < 1.29 is 8.78 Å². The molecular formula is C19H13BrF2N2. The van der Waals surface area contributed by atoms with E-state index in [1.165, 1.54) is 6.07 Å². The quantitative estimate of drug-likeness (QED) is 0.443. The van der Waals surface area contributed by atoms with Gasteiger partial charge in [0.05, 0.1) is 5.10 Å². The smallest absolute Gasteiger partial charge is 0.162 e. The van der Waals surface area contributed by atoms with Gasteiger partial charge in [-0.1, -0.05) is 28.1 Å². The summed E-state index contributed by atoms with van der Waals surface area (Å²) in [5, 5.41) is 4.12. The van der Waals surface area contributed by atoms with Crippen molar-refractivity contribution in [2.75, 3.05) is 0 Å². The van der Waals surface area contributed by atoms with E-state index in [4.69, 9.17) is 6.57 Å². The first kappa shape index (κ1) is 15.5. The van der Waals surface area contributed by atoms with Crippen molar-refractivity contribution in [3.8, 4) is 0 Å². The van der Waals surface area contributed by atoms with Crippen LogP contribution in [0.15, 0.2) is 39.9 Å². The maximum atomic E-state index is 14.1. The monoisotopic (exact) mass is 386 g/mol. The highest BCUT2D eigenvalue weighted by atomic mass is 79.9. The number of rotatable bonds is 0. The number of halogens is 3. The molecule has 0 bridgehead atoms. The van der Waals surface area contributed by atoms with E-state index in [9.17, 15) is 8.78 Å². The molecule has 120 valence electrons. The van der Waals surface area contributed by atoms with Gasteiger partial charge in [0.25, 0.3) is 0 Å². The van der Waals surface area contributed by atoms with E-state index in [1.807, 2.05) is 18.2 Å². The molecule has 24 heavy (non-hydrogen) atoms. The second-order valence-electron chi connectivity index (χ2n) is 6.48. The number of hydrogen-bond acceptors (Lipinski definition) is 1. The van der Waals surface area contributed by atoms with E-state index in [2.05, 4.69) is 26.0 Å². The SMILES string of the molecule is [C-]#[N+]/N=C1/c2cc(Br)ccc2CC12CCc1c(ccc(F)c1F)C2. The molecule has 2 aromatic carbocycles. The second kappa shape index (κ2) is 5.49. The average Bonchev–Trinajstić information content (AvgIpc) is 2.85. The molecule has 4 rings (SSSR count). The van der Waals surface area contributed by atoms with Gasteiger partial charge in [0, 0.05) is 15.5 Å². The summed E-state index contributed by atoms with van der Waals surface area (Å²) in [4.78, 5) is 3.27. The molecule has 2 aliphatic carbocycles. The highest BCUT2D eigenvalue weighted by Gasteiger charge is 2.47. The van der Waals surface area contributed by atoms with Crippen molar-refractivity contribution >= 4 is 21.6 Å². The highest BCUT2D eigenvalue weighted by molar-refractivity contribution is 9.10. The summed E-state index contributed by atoms with van der Waals surface area (Å²) >= 11 is 3.48. The van der Waals surface area contributed by atoms with E-state index in [-0.39, 0.29) is 5.41 Å². The average molecular weight is 387 g/mol. The summed E-state index contributed by atoms with van der Waals surface area (Å²) in [5.74, 6) is -1.53. The molecule has 0 saturated heterocycles. The van der Waals surface area contributed by atoms with Gasteiger partial charge in [-0.2, -0.15) is 6.57 Å². The zero-order valence-electron chi connectivity index (χ0n) is 12.7. The van der Waals surface area contributed by atoms with Crippen LogP contribution in [0.3, 0.4) is 0 Å². The number of benzene rings is 2. The van der Waals surface area contributed by atoms with Gasteiger partial charge >= 0.3 is 0 Å². The fourth-order valence-corrected chi connectivity index (χ4v) is 4.47. The van der Waals surface area contributed by atoms with Gasteiger partial charge in [0.2, 0.25) is 0 Å². The highest BCUT2D eigenvalue weighted by Crippen LogP contribution is 2.47. The Labute approximate surface area is 147 Å². The summed E-state index contributed by atoms with van der Waals surface area (Å²) in [6.07, 6.45) is 2.49. The van der Waals surface area contributed by atoms with Crippen LogP contribution >= 0.6 is 15.9 Å². The van der Waals surface area contributed by atoms with Gasteiger partial charge in [-0.05, 0) is 60.6 Å². The van der Waals surface area contributed by atoms with Gasteiger partial charge in [0.1, 0.15) is 5.71 Å². The summed E-state index contributed by atoms with van der Waals surface area (Å²) < 4.78 is 28.5. The Balaban J connectivity index is 1.83. The Bertz CT molecular complexity index is 930. The molecule has 5 heteroatoms. The lowest BCUT2D eigenvalue weighted by Crippen LogP contribution is -2.35. The van der Waals surface area contributed by atoms with Gasteiger partial charge in [-0.3, -0.25) is 0 Å². The van der Waals surface area contributed by atoms with Crippen LogP contribution in [-0.2, 0) is 19.3 Å². The van der Waals surface area contributed by atoms with Gasteiger partial charge < -0.3 is 0 Å². The third kappa shape index (κ3) is 2.21. The van der Waals surface area contributed by atoms with E-state index < -0.39 is 11.6 Å². The lowest BCUT2D eigenvalue weighted by molar-refractivity contribution is 0.361. The van der Waals surface area contributed by atoms with Gasteiger partial charge in [-0.25, -0.2) is 8.78 Å². The Kier molecular flexibility index (Phi) is 3.54. The van der Waals surface area contributed by atoms with E-state index in [0.29, 0.717) is 24.8 Å². The summed E-state index contributed by atoms with van der Waals surface area (Å²) in [6.45, 7) is 7.19. The molecule has 2 aliphatic rings. The Morgan fingerprint density at radius 3 is 2.67 bits per heavy atom. The van der Waals surface area contributed by atoms with Crippen LogP contribution < -0.4 is 0 Å². The first-order valence-electron chi connectivity index (χ1n) is 7.73. The summed E-state index contributed by atoms with van der Waals surface area (Å²) in [5.41, 5.74) is 3.93. The third-order valence-corrected chi connectivity index (χ3v) is 5.68. The van der Waals surface area contributed by atoms with E-state index >= 15 is 0 Å². The van der Waals surface area contributed by atoms with E-state index in [1.54, 1.807) is 6.07 Å². The van der Waals surface area contributed by atoms with Crippen LogP contribution in [0.2, 0.25) is 0 Å². The number of fused-ring (bicyclic) bond motifs is 2. The molecule has 0 fully saturated rings. The molecule has 2 nitrogen and oxygen atoms in total. The predicted molar refractivity (Wildman–Crippen MR) is 91.8 cm³/mol. The van der Waals surface area contributed by atoms with Crippen molar-refractivity contribution in [1.29, 1.82) is 0 Å². The molecule has 0 radical (unpaired) electrons. The standard InChI is InChI=1S/C19H13BrF2N2/c1-23-24-18-15-8-13(20)4-2-12(15)10-19(18)7-6-14-11(9-19)3-5-16(21)17(14)22/h2-5,8H,6-7,9-10H2/b24-18-. The van der Waals surface area contributed by atoms with Crippen LogP contribution in [0, 0.1) is 23.6 Å². The normalized spacial score (nSPS) is 23.2. The van der Waals surface area contributed by atoms with E-state index in [0.717, 1.165) is 33.3 Å². The zero-order chi connectivity index (χ0) is 16.9. The fraction of sp³-hybridized carbons (Fsp3) is 0.263. The van der Waals surface area contributed by atoms with Crippen LogP contribution in [0.25, 0.3) is 4.95 Å². The molecule has 0 aromatic heterocycles. The third-order valence-electron chi connectivity index (χ3n) is 5.18. The fourth-order valence-electron chi connectivity index (χ4n) is 4.11. The predicted octanol–water partition coefficient (Wildman–Crippen LogP) is 5.08. The zero-order valence-corrected chi connectivity index (χ0v) is 14.3. The minimum Gasteiger partial charge on any atom is -0.204 e. The Hall–Kier alpha value is -2.06. The molecule has 1 spiro atoms. The van der Waals surface area contributed by atoms with Crippen molar-refractivity contribution in [2.24, 2.45) is 10.5 Å². The molecule has 0 aliphatic heterocycles. The van der Waals surface area contributed by atoms with Crippen LogP contribution in [-0.4, -0.2) is 5.71 Å². The summed E-state index contributed by atoms with van der Waals surface area (Å²) in [6, 6.07) is 8.89. The number of hydrogen-bond donors (Lipinski definition) is 0. The molecule has 1 atom stereocenters. The number of nitrogens with zero attached hydrogens (tertiary/aromatic N) is 2. The minimum atomic E-state index is -0.793. The van der Waals surface area contributed by atoms with Crippen molar-refractivity contribution in [2.45, 2.75) is 25.7 Å². The maximum Gasteiger partial charge on any atom is 0.162 e. The lowest BCUT2D eigenvalue weighted by atomic mass is 9.68. The Morgan fingerprint density at radius 1 is 1.12 bits per heavy atom. The van der Waals surface area contributed by atoms with Crippen molar-refractivity contribution in [3.63, 3.8) is 0 Å². The maximum absolute atomic E-state index is 14.1. The molecule has 0 heterocycles. The first-order valence-corrected chi connectivity index (χ1v) is 8.53. The summed E-state index contributed by atoms with van der Waals surface area (Å²) in [7, 11) is 0. The molecular weight excluding hydrogens is 374 g/mol. The van der Waals surface area contributed by atoms with Crippen LogP contribution in [0.4, 0.5) is 8.78 Å². The molecule has 2 aromatic rings. The molecule has 0 amide bonds. The van der Waals surface area contributed by atoms with Crippen molar-refractivity contribution in [1.82, 2.24) is 0 Å². The minimum absolute atomic E-state index is 0.301. The second-order valence-corrected chi connectivity index (χ2v) is 7.40. The molecule has 0 saturated carbocycles. The van der Waals surface area contributed by atoms with Gasteiger partial charge in [0.15, 0.2) is 11.6 Å². The lowest BCUT2D eigenvalue weighted by Gasteiger charge is -2.34. The molecule has 0 N–H and O–H groups in total.